The maximum absolute atomic E-state index is 12.9. The van der Waals surface area contributed by atoms with E-state index in [0.29, 0.717) is 16.1 Å². The van der Waals surface area contributed by atoms with Gasteiger partial charge in [0, 0.05) is 29.2 Å². The highest BCUT2D eigenvalue weighted by molar-refractivity contribution is 7.92. The summed E-state index contributed by atoms with van der Waals surface area (Å²) in [6.45, 7) is 1.99. The number of benzene rings is 2. The molecule has 2 aromatic carbocycles. The summed E-state index contributed by atoms with van der Waals surface area (Å²) in [4.78, 5) is 37.8. The van der Waals surface area contributed by atoms with Gasteiger partial charge in [0.2, 0.25) is 11.8 Å². The van der Waals surface area contributed by atoms with Gasteiger partial charge in [-0.1, -0.05) is 23.7 Å². The molecule has 0 saturated carbocycles. The molecule has 2 aliphatic heterocycles. The predicted octanol–water partition coefficient (Wildman–Crippen LogP) is 2.21. The van der Waals surface area contributed by atoms with Crippen LogP contribution in [0.3, 0.4) is 0 Å². The summed E-state index contributed by atoms with van der Waals surface area (Å²) in [5.41, 5.74) is 1.99. The number of rotatable bonds is 4. The molecule has 8 nitrogen and oxygen atoms in total. The Kier molecular flexibility index (Phi) is 5.03. The molecule has 0 aliphatic carbocycles. The van der Waals surface area contributed by atoms with Gasteiger partial charge in [0.1, 0.15) is 6.04 Å². The van der Waals surface area contributed by atoms with Gasteiger partial charge in [-0.15, -0.1) is 0 Å². The number of fused-ring (bicyclic) bond motifs is 1. The summed E-state index contributed by atoms with van der Waals surface area (Å²) in [6, 6.07) is 8.37. The Bertz CT molecular complexity index is 1190. The molecule has 10 heteroatoms. The van der Waals surface area contributed by atoms with Crippen molar-refractivity contribution in [1.29, 1.82) is 0 Å². The summed E-state index contributed by atoms with van der Waals surface area (Å²) in [6.07, 6.45) is 0.429. The van der Waals surface area contributed by atoms with Gasteiger partial charge in [0.25, 0.3) is 15.9 Å². The molecule has 156 valence electrons. The van der Waals surface area contributed by atoms with Crippen LogP contribution in [-0.2, 0) is 26.2 Å². The Morgan fingerprint density at radius 2 is 1.90 bits per heavy atom. The number of carbonyl (C=O) groups is 3. The summed E-state index contributed by atoms with van der Waals surface area (Å²) >= 11 is 6.03. The molecular formula is C20H18ClN3O5S. The average molecular weight is 448 g/mol. The Morgan fingerprint density at radius 1 is 1.13 bits per heavy atom. The summed E-state index contributed by atoms with van der Waals surface area (Å²) < 4.78 is 27.8. The van der Waals surface area contributed by atoms with Gasteiger partial charge in [-0.05, 0) is 48.7 Å². The number of nitrogens with one attached hydrogen (secondary N) is 2. The molecule has 3 amide bonds. The van der Waals surface area contributed by atoms with E-state index in [4.69, 9.17) is 11.6 Å². The number of nitrogens with zero attached hydrogens (tertiary/aromatic N) is 1. The van der Waals surface area contributed by atoms with E-state index in [9.17, 15) is 22.8 Å². The van der Waals surface area contributed by atoms with E-state index in [1.807, 2.05) is 0 Å². The highest BCUT2D eigenvalue weighted by atomic mass is 35.5. The van der Waals surface area contributed by atoms with Crippen molar-refractivity contribution in [2.75, 3.05) is 4.72 Å². The zero-order valence-electron chi connectivity index (χ0n) is 15.9. The third kappa shape index (κ3) is 3.66. The topological polar surface area (TPSA) is 113 Å². The number of hydrogen-bond donors (Lipinski definition) is 2. The van der Waals surface area contributed by atoms with Crippen LogP contribution in [0.2, 0.25) is 5.02 Å². The Balaban J connectivity index is 1.57. The highest BCUT2D eigenvalue weighted by Crippen LogP contribution is 2.30. The van der Waals surface area contributed by atoms with E-state index in [0.717, 1.165) is 5.56 Å². The molecule has 1 atom stereocenters. The van der Waals surface area contributed by atoms with E-state index in [1.165, 1.54) is 23.1 Å². The lowest BCUT2D eigenvalue weighted by atomic mass is 10.0. The lowest BCUT2D eigenvalue weighted by Gasteiger charge is -2.29. The standard InChI is InChI=1S/C20H18ClN3O5S/c1-11-2-5-14(9-16(11)21)30(28,29)23-13-4-3-12-10-24(20(27)15(12)8-13)17-6-7-18(25)22-19(17)26/h2-5,8-9,17,23H,6-7,10H2,1H3,(H,22,25,26). The van der Waals surface area contributed by atoms with Gasteiger partial charge in [0.05, 0.1) is 4.90 Å². The van der Waals surface area contributed by atoms with Crippen LogP contribution >= 0.6 is 11.6 Å². The Hall–Kier alpha value is -2.91. The van der Waals surface area contributed by atoms with E-state index in [2.05, 4.69) is 10.0 Å². The van der Waals surface area contributed by atoms with E-state index >= 15 is 0 Å². The van der Waals surface area contributed by atoms with Crippen LogP contribution in [0, 0.1) is 6.92 Å². The lowest BCUT2D eigenvalue weighted by molar-refractivity contribution is -0.136. The molecule has 4 rings (SSSR count). The van der Waals surface area contributed by atoms with Crippen molar-refractivity contribution in [3.8, 4) is 0 Å². The van der Waals surface area contributed by atoms with Crippen LogP contribution in [0.1, 0.15) is 34.3 Å². The number of hydrogen-bond acceptors (Lipinski definition) is 5. The predicted molar refractivity (Wildman–Crippen MR) is 109 cm³/mol. The van der Waals surface area contributed by atoms with Crippen molar-refractivity contribution in [1.82, 2.24) is 10.2 Å². The molecule has 0 aromatic heterocycles. The largest absolute Gasteiger partial charge is 0.322 e. The van der Waals surface area contributed by atoms with Crippen molar-refractivity contribution >= 4 is 45.0 Å². The Labute approximate surface area is 178 Å². The van der Waals surface area contributed by atoms with Crippen molar-refractivity contribution in [2.24, 2.45) is 0 Å². The zero-order valence-corrected chi connectivity index (χ0v) is 17.5. The fourth-order valence-corrected chi connectivity index (χ4v) is 4.89. The average Bonchev–Trinajstić information content (AvgIpc) is 3.00. The van der Waals surface area contributed by atoms with Gasteiger partial charge in [-0.2, -0.15) is 0 Å². The van der Waals surface area contributed by atoms with Crippen LogP contribution in [-0.4, -0.2) is 37.1 Å². The number of halogens is 1. The van der Waals surface area contributed by atoms with Crippen molar-refractivity contribution in [2.45, 2.75) is 37.2 Å². The molecule has 1 fully saturated rings. The first-order valence-electron chi connectivity index (χ1n) is 9.22. The van der Waals surface area contributed by atoms with Gasteiger partial charge >= 0.3 is 0 Å². The molecule has 0 spiro atoms. The minimum Gasteiger partial charge on any atom is -0.322 e. The SMILES string of the molecule is Cc1ccc(S(=O)(=O)Nc2ccc3c(c2)C(=O)N(C2CCC(=O)NC2=O)C3)cc1Cl. The minimum absolute atomic E-state index is 0.00935. The quantitative estimate of drug-likeness (QED) is 0.698. The summed E-state index contributed by atoms with van der Waals surface area (Å²) in [5, 5.41) is 2.58. The van der Waals surface area contributed by atoms with E-state index in [1.54, 1.807) is 25.1 Å². The van der Waals surface area contributed by atoms with Crippen LogP contribution in [0.5, 0.6) is 0 Å². The molecule has 30 heavy (non-hydrogen) atoms. The maximum atomic E-state index is 12.9. The maximum Gasteiger partial charge on any atom is 0.261 e. The van der Waals surface area contributed by atoms with Crippen LogP contribution < -0.4 is 10.0 Å². The Morgan fingerprint density at radius 3 is 2.60 bits per heavy atom. The lowest BCUT2D eigenvalue weighted by Crippen LogP contribution is -2.52. The molecule has 0 bridgehead atoms. The molecule has 1 unspecified atom stereocenters. The molecule has 1 saturated heterocycles. The number of piperidine rings is 1. The first-order valence-corrected chi connectivity index (χ1v) is 11.1. The third-order valence-electron chi connectivity index (χ3n) is 5.23. The minimum atomic E-state index is -3.90. The molecular weight excluding hydrogens is 430 g/mol. The second-order valence-corrected chi connectivity index (χ2v) is 9.38. The number of amides is 3. The fraction of sp³-hybridized carbons (Fsp3) is 0.250. The number of imide groups is 1. The summed E-state index contributed by atoms with van der Waals surface area (Å²) in [7, 11) is -3.90. The molecule has 2 aromatic rings. The van der Waals surface area contributed by atoms with Crippen LogP contribution in [0.15, 0.2) is 41.3 Å². The zero-order chi connectivity index (χ0) is 21.6. The number of anilines is 1. The van der Waals surface area contributed by atoms with Gasteiger partial charge in [-0.25, -0.2) is 8.42 Å². The van der Waals surface area contributed by atoms with Crippen LogP contribution in [0.25, 0.3) is 0 Å². The van der Waals surface area contributed by atoms with Crippen molar-refractivity contribution in [3.05, 3.63) is 58.1 Å². The van der Waals surface area contributed by atoms with Gasteiger partial charge in [0.15, 0.2) is 0 Å². The van der Waals surface area contributed by atoms with Gasteiger partial charge < -0.3 is 4.90 Å². The first-order chi connectivity index (χ1) is 14.2. The highest BCUT2D eigenvalue weighted by Gasteiger charge is 2.39. The fourth-order valence-electron chi connectivity index (χ4n) is 3.57. The van der Waals surface area contributed by atoms with E-state index < -0.39 is 22.0 Å². The molecule has 2 aliphatic rings. The normalized spacial score (nSPS) is 18.9. The third-order valence-corrected chi connectivity index (χ3v) is 7.02. The van der Waals surface area contributed by atoms with Crippen LogP contribution in [0.4, 0.5) is 5.69 Å². The second kappa shape index (κ2) is 7.41. The van der Waals surface area contributed by atoms with Crippen molar-refractivity contribution < 1.29 is 22.8 Å². The first kappa shape index (κ1) is 20.4. The molecule has 2 heterocycles. The van der Waals surface area contributed by atoms with Gasteiger partial charge in [-0.3, -0.25) is 24.4 Å². The second-order valence-electron chi connectivity index (χ2n) is 7.29. The monoisotopic (exact) mass is 447 g/mol. The molecule has 2 N–H and O–H groups in total. The number of sulfonamides is 1. The van der Waals surface area contributed by atoms with E-state index in [-0.39, 0.29) is 41.8 Å². The number of aryl methyl sites for hydroxylation is 1. The molecule has 0 radical (unpaired) electrons. The smallest absolute Gasteiger partial charge is 0.261 e. The number of carbonyl (C=O) groups excluding carboxylic acids is 3. The summed E-state index contributed by atoms with van der Waals surface area (Å²) in [5.74, 6) is -1.23. The van der Waals surface area contributed by atoms with Crippen molar-refractivity contribution in [3.63, 3.8) is 0 Å².